The Balaban J connectivity index is 2.39. The molecule has 3 heteroatoms. The second-order valence-electron chi connectivity index (χ2n) is 4.17. The van der Waals surface area contributed by atoms with Crippen molar-refractivity contribution in [3.05, 3.63) is 18.7 Å². The Kier molecular flexibility index (Phi) is 5.40. The minimum atomic E-state index is -0.305. The van der Waals surface area contributed by atoms with E-state index in [1.807, 2.05) is 17.7 Å². The van der Waals surface area contributed by atoms with Crippen LogP contribution in [0.5, 0.6) is 0 Å². The predicted octanol–water partition coefficient (Wildman–Crippen LogP) is 2.78. The lowest BCUT2D eigenvalue weighted by molar-refractivity contribution is 0.122. The van der Waals surface area contributed by atoms with Gasteiger partial charge in [0.2, 0.25) is 0 Å². The molecule has 0 bridgehead atoms. The first-order valence-corrected chi connectivity index (χ1v) is 5.91. The summed E-state index contributed by atoms with van der Waals surface area (Å²) in [6.45, 7) is 4.06. The fraction of sp³-hybridized carbons (Fsp3) is 0.750. The summed E-state index contributed by atoms with van der Waals surface area (Å²) in [7, 11) is 0. The number of aliphatic hydroxyl groups is 1. The van der Waals surface area contributed by atoms with Gasteiger partial charge in [0.15, 0.2) is 0 Å². The summed E-state index contributed by atoms with van der Waals surface area (Å²) in [4.78, 5) is 4.02. The Morgan fingerprint density at radius 2 is 2.13 bits per heavy atom. The van der Waals surface area contributed by atoms with Crippen molar-refractivity contribution in [3.8, 4) is 0 Å². The van der Waals surface area contributed by atoms with Gasteiger partial charge in [0.25, 0.3) is 0 Å². The van der Waals surface area contributed by atoms with E-state index in [1.54, 1.807) is 12.5 Å². The molecular formula is C12H22N2O. The largest absolute Gasteiger partial charge is 0.391 e. The Hall–Kier alpha value is -0.830. The van der Waals surface area contributed by atoms with Crippen molar-refractivity contribution in [3.63, 3.8) is 0 Å². The van der Waals surface area contributed by atoms with E-state index in [-0.39, 0.29) is 12.1 Å². The minimum Gasteiger partial charge on any atom is -0.391 e. The van der Waals surface area contributed by atoms with Gasteiger partial charge >= 0.3 is 0 Å². The number of aliphatic hydroxyl groups excluding tert-OH is 1. The molecule has 0 aliphatic heterocycles. The first-order chi connectivity index (χ1) is 7.25. The molecule has 0 saturated carbocycles. The molecule has 0 fully saturated rings. The van der Waals surface area contributed by atoms with Gasteiger partial charge in [-0.1, -0.05) is 32.6 Å². The maximum Gasteiger partial charge on any atom is 0.0949 e. The quantitative estimate of drug-likeness (QED) is 0.703. The van der Waals surface area contributed by atoms with Gasteiger partial charge < -0.3 is 9.67 Å². The molecule has 1 heterocycles. The molecule has 0 amide bonds. The summed E-state index contributed by atoms with van der Waals surface area (Å²) in [6, 6.07) is 0.185. The van der Waals surface area contributed by atoms with Gasteiger partial charge in [-0.2, -0.15) is 0 Å². The molecule has 2 atom stereocenters. The molecule has 0 unspecified atom stereocenters. The highest BCUT2D eigenvalue weighted by Gasteiger charge is 2.15. The van der Waals surface area contributed by atoms with Crippen LogP contribution in [0.4, 0.5) is 0 Å². The van der Waals surface area contributed by atoms with Gasteiger partial charge in [0.05, 0.1) is 18.5 Å². The Morgan fingerprint density at radius 3 is 2.67 bits per heavy atom. The third-order valence-corrected chi connectivity index (χ3v) is 2.82. The fourth-order valence-electron chi connectivity index (χ4n) is 1.89. The summed E-state index contributed by atoms with van der Waals surface area (Å²) >= 11 is 0. The molecule has 1 rings (SSSR count). The Bertz CT molecular complexity index is 244. The van der Waals surface area contributed by atoms with Crippen molar-refractivity contribution in [1.29, 1.82) is 0 Å². The third-order valence-electron chi connectivity index (χ3n) is 2.82. The lowest BCUT2D eigenvalue weighted by Gasteiger charge is -2.21. The van der Waals surface area contributed by atoms with Crippen molar-refractivity contribution in [2.45, 2.75) is 58.1 Å². The van der Waals surface area contributed by atoms with Crippen LogP contribution in [0.25, 0.3) is 0 Å². The highest BCUT2D eigenvalue weighted by molar-refractivity contribution is 4.82. The van der Waals surface area contributed by atoms with Crippen molar-refractivity contribution >= 4 is 0 Å². The SMILES string of the molecule is CCCCCC[C@H]([C@H](C)O)n1ccnc1. The Morgan fingerprint density at radius 1 is 1.33 bits per heavy atom. The number of rotatable bonds is 7. The van der Waals surface area contributed by atoms with E-state index in [0.29, 0.717) is 0 Å². The van der Waals surface area contributed by atoms with Crippen LogP contribution >= 0.6 is 0 Å². The summed E-state index contributed by atoms with van der Waals surface area (Å²) in [5.41, 5.74) is 0. The van der Waals surface area contributed by atoms with E-state index in [4.69, 9.17) is 0 Å². The standard InChI is InChI=1S/C12H22N2O/c1-3-4-5-6-7-12(11(2)15)14-9-8-13-10-14/h8-12,15H,3-7H2,1-2H3/t11-,12+/m0/s1. The first-order valence-electron chi connectivity index (χ1n) is 5.91. The number of nitrogens with zero attached hydrogens (tertiary/aromatic N) is 2. The maximum atomic E-state index is 9.69. The third kappa shape index (κ3) is 4.04. The van der Waals surface area contributed by atoms with Crippen LogP contribution in [0.3, 0.4) is 0 Å². The zero-order valence-corrected chi connectivity index (χ0v) is 9.76. The molecule has 0 aliphatic carbocycles. The summed E-state index contributed by atoms with van der Waals surface area (Å²) in [5, 5.41) is 9.69. The average Bonchev–Trinajstić information content (AvgIpc) is 2.70. The van der Waals surface area contributed by atoms with Crippen LogP contribution in [-0.4, -0.2) is 20.8 Å². The number of hydrogen-bond donors (Lipinski definition) is 1. The molecule has 0 aliphatic rings. The predicted molar refractivity (Wildman–Crippen MR) is 61.7 cm³/mol. The van der Waals surface area contributed by atoms with Crippen molar-refractivity contribution in [1.82, 2.24) is 9.55 Å². The van der Waals surface area contributed by atoms with Gasteiger partial charge in [0, 0.05) is 12.4 Å². The molecular weight excluding hydrogens is 188 g/mol. The van der Waals surface area contributed by atoms with E-state index >= 15 is 0 Å². The number of imidazole rings is 1. The molecule has 1 N–H and O–H groups in total. The minimum absolute atomic E-state index is 0.185. The molecule has 1 aromatic heterocycles. The van der Waals surface area contributed by atoms with Crippen molar-refractivity contribution < 1.29 is 5.11 Å². The summed E-state index contributed by atoms with van der Waals surface area (Å²) < 4.78 is 2.01. The van der Waals surface area contributed by atoms with E-state index < -0.39 is 0 Å². The first kappa shape index (κ1) is 12.2. The fourth-order valence-corrected chi connectivity index (χ4v) is 1.89. The lowest BCUT2D eigenvalue weighted by atomic mass is 10.0. The lowest BCUT2D eigenvalue weighted by Crippen LogP contribution is -2.20. The van der Waals surface area contributed by atoms with Gasteiger partial charge in [0.1, 0.15) is 0 Å². The smallest absolute Gasteiger partial charge is 0.0949 e. The topological polar surface area (TPSA) is 38.0 Å². The zero-order valence-electron chi connectivity index (χ0n) is 9.76. The maximum absolute atomic E-state index is 9.69. The molecule has 3 nitrogen and oxygen atoms in total. The van der Waals surface area contributed by atoms with E-state index in [2.05, 4.69) is 11.9 Å². The molecule has 86 valence electrons. The molecule has 0 saturated heterocycles. The van der Waals surface area contributed by atoms with Gasteiger partial charge in [-0.25, -0.2) is 4.98 Å². The molecule has 0 aromatic carbocycles. The van der Waals surface area contributed by atoms with Crippen molar-refractivity contribution in [2.75, 3.05) is 0 Å². The van der Waals surface area contributed by atoms with Crippen LogP contribution in [0.1, 0.15) is 52.0 Å². The van der Waals surface area contributed by atoms with Crippen LogP contribution in [0, 0.1) is 0 Å². The molecule has 0 radical (unpaired) electrons. The second-order valence-corrected chi connectivity index (χ2v) is 4.17. The van der Waals surface area contributed by atoms with E-state index in [9.17, 15) is 5.11 Å². The number of unbranched alkanes of at least 4 members (excludes halogenated alkanes) is 3. The monoisotopic (exact) mass is 210 g/mol. The molecule has 15 heavy (non-hydrogen) atoms. The van der Waals surface area contributed by atoms with E-state index in [1.165, 1.54) is 25.7 Å². The average molecular weight is 210 g/mol. The number of aromatic nitrogens is 2. The van der Waals surface area contributed by atoms with Crippen LogP contribution < -0.4 is 0 Å². The van der Waals surface area contributed by atoms with Gasteiger partial charge in [-0.15, -0.1) is 0 Å². The molecule has 1 aromatic rings. The highest BCUT2D eigenvalue weighted by atomic mass is 16.3. The highest BCUT2D eigenvalue weighted by Crippen LogP contribution is 2.19. The number of hydrogen-bond acceptors (Lipinski definition) is 2. The van der Waals surface area contributed by atoms with Crippen LogP contribution in [0.2, 0.25) is 0 Å². The van der Waals surface area contributed by atoms with Gasteiger partial charge in [-0.3, -0.25) is 0 Å². The summed E-state index contributed by atoms with van der Waals surface area (Å²) in [5.74, 6) is 0. The normalized spacial score (nSPS) is 15.1. The van der Waals surface area contributed by atoms with Crippen LogP contribution in [0.15, 0.2) is 18.7 Å². The summed E-state index contributed by atoms with van der Waals surface area (Å²) in [6.07, 6.45) is 11.2. The van der Waals surface area contributed by atoms with E-state index in [0.717, 1.165) is 6.42 Å². The van der Waals surface area contributed by atoms with Crippen molar-refractivity contribution in [2.24, 2.45) is 0 Å². The zero-order chi connectivity index (χ0) is 11.1. The van der Waals surface area contributed by atoms with Crippen LogP contribution in [-0.2, 0) is 0 Å². The second kappa shape index (κ2) is 6.62. The molecule has 0 spiro atoms. The Labute approximate surface area is 92.1 Å². The van der Waals surface area contributed by atoms with Gasteiger partial charge in [-0.05, 0) is 13.3 Å².